The van der Waals surface area contributed by atoms with E-state index in [0.29, 0.717) is 35.5 Å². The molecule has 1 aromatic carbocycles. The standard InChI is InChI=1S/C22H28F3N7O2/c1-6-30-17-9-15(12-26)18(34-8-7-33-5)10-16(17)21(29-4)32-14(2)13-31-19(22(23,24)25)11-20(27)28-3/h6,9-11,14H,3,7-8,13,27H2,1-2,4-5H3,(H,29,32)/b20-11-,30-6+,31-19+/t14-/m1/s1. The molecule has 0 amide bonds. The van der Waals surface area contributed by atoms with Crippen LogP contribution in [0.2, 0.25) is 0 Å². The second kappa shape index (κ2) is 13.7. The van der Waals surface area contributed by atoms with Crippen LogP contribution < -0.4 is 15.8 Å². The molecular formula is C22H28F3N7O2. The third-order valence-electron chi connectivity index (χ3n) is 4.19. The molecule has 0 fully saturated rings. The van der Waals surface area contributed by atoms with Gasteiger partial charge in [-0.2, -0.15) is 18.4 Å². The summed E-state index contributed by atoms with van der Waals surface area (Å²) in [6.45, 7) is 6.75. The molecular weight excluding hydrogens is 451 g/mol. The van der Waals surface area contributed by atoms with Gasteiger partial charge in [-0.1, -0.05) is 0 Å². The highest BCUT2D eigenvalue weighted by molar-refractivity contribution is 6.04. The predicted molar refractivity (Wildman–Crippen MR) is 128 cm³/mol. The maximum Gasteiger partial charge on any atom is 0.433 e. The number of allylic oxidation sites excluding steroid dienone is 1. The fraction of sp³-hybridized carbons (Fsp3) is 0.409. The Kier molecular flexibility index (Phi) is 11.4. The van der Waals surface area contributed by atoms with Crippen molar-refractivity contribution in [1.82, 2.24) is 5.32 Å². The van der Waals surface area contributed by atoms with Crippen molar-refractivity contribution in [3.63, 3.8) is 0 Å². The Hall–Kier alpha value is -3.72. The molecule has 34 heavy (non-hydrogen) atoms. The van der Waals surface area contributed by atoms with E-state index in [9.17, 15) is 18.4 Å². The van der Waals surface area contributed by atoms with Gasteiger partial charge in [-0.05, 0) is 32.7 Å². The number of alkyl halides is 3. The lowest BCUT2D eigenvalue weighted by molar-refractivity contribution is -0.0579. The van der Waals surface area contributed by atoms with Crippen LogP contribution in [-0.4, -0.2) is 70.6 Å². The van der Waals surface area contributed by atoms with E-state index in [1.807, 2.05) is 0 Å². The molecule has 0 aliphatic heterocycles. The molecule has 3 N–H and O–H groups in total. The first-order chi connectivity index (χ1) is 16.1. The van der Waals surface area contributed by atoms with Gasteiger partial charge in [0.25, 0.3) is 0 Å². The van der Waals surface area contributed by atoms with E-state index in [0.717, 1.165) is 0 Å². The van der Waals surface area contributed by atoms with Crippen LogP contribution in [0.25, 0.3) is 0 Å². The Morgan fingerprint density at radius 2 is 2.06 bits per heavy atom. The number of nitrogens with zero attached hydrogens (tertiary/aromatic N) is 5. The van der Waals surface area contributed by atoms with Gasteiger partial charge in [0.05, 0.1) is 24.4 Å². The van der Waals surface area contributed by atoms with E-state index in [-0.39, 0.29) is 18.7 Å². The van der Waals surface area contributed by atoms with E-state index in [1.54, 1.807) is 32.2 Å². The smallest absolute Gasteiger partial charge is 0.433 e. The molecule has 1 atom stereocenters. The summed E-state index contributed by atoms with van der Waals surface area (Å²) in [6.07, 6.45) is -2.54. The summed E-state index contributed by atoms with van der Waals surface area (Å²) in [7, 11) is 3.04. The molecule has 0 radical (unpaired) electrons. The molecule has 9 nitrogen and oxygen atoms in total. The number of benzene rings is 1. The van der Waals surface area contributed by atoms with Crippen LogP contribution in [0.5, 0.6) is 5.75 Å². The fourth-order valence-electron chi connectivity index (χ4n) is 2.63. The number of aliphatic imine (C=N–C) groups is 4. The number of hydrogen-bond donors (Lipinski definition) is 2. The molecule has 0 saturated carbocycles. The largest absolute Gasteiger partial charge is 0.490 e. The zero-order chi connectivity index (χ0) is 25.7. The van der Waals surface area contributed by atoms with Gasteiger partial charge in [0.2, 0.25) is 0 Å². The maximum atomic E-state index is 13.2. The van der Waals surface area contributed by atoms with Crippen LogP contribution >= 0.6 is 0 Å². The Bertz CT molecular complexity index is 1010. The monoisotopic (exact) mass is 479 g/mol. The zero-order valence-electron chi connectivity index (χ0n) is 19.5. The lowest BCUT2D eigenvalue weighted by Crippen LogP contribution is -2.36. The summed E-state index contributed by atoms with van der Waals surface area (Å²) in [6, 6.07) is 4.65. The molecule has 1 aromatic rings. The number of rotatable bonds is 11. The van der Waals surface area contributed by atoms with E-state index < -0.39 is 23.8 Å². The van der Waals surface area contributed by atoms with Crippen molar-refractivity contribution in [2.24, 2.45) is 25.7 Å². The number of nitrogens with two attached hydrogens (primary N) is 1. The van der Waals surface area contributed by atoms with Gasteiger partial charge in [-0.15, -0.1) is 0 Å². The Balaban J connectivity index is 3.27. The summed E-state index contributed by atoms with van der Waals surface area (Å²) in [5.41, 5.74) is 5.37. The Labute approximate surface area is 196 Å². The predicted octanol–water partition coefficient (Wildman–Crippen LogP) is 3.16. The number of halogens is 3. The summed E-state index contributed by atoms with van der Waals surface area (Å²) < 4.78 is 50.3. The van der Waals surface area contributed by atoms with Crippen molar-refractivity contribution in [1.29, 1.82) is 5.26 Å². The van der Waals surface area contributed by atoms with E-state index in [1.165, 1.54) is 14.2 Å². The molecule has 0 unspecified atom stereocenters. The van der Waals surface area contributed by atoms with Crippen molar-refractivity contribution in [2.45, 2.75) is 26.1 Å². The highest BCUT2D eigenvalue weighted by atomic mass is 19.4. The molecule has 184 valence electrons. The average Bonchev–Trinajstić information content (AvgIpc) is 2.80. The third-order valence-corrected chi connectivity index (χ3v) is 4.19. The van der Waals surface area contributed by atoms with Crippen LogP contribution in [0.3, 0.4) is 0 Å². The molecule has 0 aromatic heterocycles. The van der Waals surface area contributed by atoms with Gasteiger partial charge in [0, 0.05) is 38.1 Å². The second-order valence-electron chi connectivity index (χ2n) is 6.77. The lowest BCUT2D eigenvalue weighted by atomic mass is 10.1. The first kappa shape index (κ1) is 28.3. The SMILES string of the molecule is C=N/C(N)=C\C(=N/C[C@@H](C)N/C(=N/C)c1cc(OCCOC)c(C#N)cc1/N=C/C)C(F)(F)F. The minimum Gasteiger partial charge on any atom is -0.490 e. The van der Waals surface area contributed by atoms with E-state index in [2.05, 4.69) is 38.1 Å². The van der Waals surface area contributed by atoms with Crippen molar-refractivity contribution in [3.8, 4) is 11.8 Å². The first-order valence-corrected chi connectivity index (χ1v) is 10.1. The quantitative estimate of drug-likeness (QED) is 0.286. The van der Waals surface area contributed by atoms with Crippen LogP contribution in [0.15, 0.2) is 44.0 Å². The van der Waals surface area contributed by atoms with Gasteiger partial charge in [-0.3, -0.25) is 15.0 Å². The summed E-state index contributed by atoms with van der Waals surface area (Å²) >= 11 is 0. The topological polar surface area (TPSA) is 130 Å². The van der Waals surface area contributed by atoms with Crippen LogP contribution in [0.1, 0.15) is 25.0 Å². The van der Waals surface area contributed by atoms with Crippen molar-refractivity contribution in [2.75, 3.05) is 33.9 Å². The number of methoxy groups -OCH3 is 1. The minimum absolute atomic E-state index is 0.217. The van der Waals surface area contributed by atoms with E-state index in [4.69, 9.17) is 15.2 Å². The van der Waals surface area contributed by atoms with Crippen LogP contribution in [-0.2, 0) is 4.74 Å². The molecule has 0 bridgehead atoms. The van der Waals surface area contributed by atoms with Crippen molar-refractivity contribution >= 4 is 30.2 Å². The van der Waals surface area contributed by atoms with E-state index >= 15 is 0 Å². The summed E-state index contributed by atoms with van der Waals surface area (Å²) in [5.74, 6) is 0.240. The molecule has 0 saturated heterocycles. The summed E-state index contributed by atoms with van der Waals surface area (Å²) in [4.78, 5) is 15.4. The van der Waals surface area contributed by atoms with Gasteiger partial charge >= 0.3 is 6.18 Å². The number of ether oxygens (including phenoxy) is 2. The van der Waals surface area contributed by atoms with Gasteiger partial charge in [0.15, 0.2) is 0 Å². The van der Waals surface area contributed by atoms with Gasteiger partial charge in [-0.25, -0.2) is 4.99 Å². The molecule has 12 heteroatoms. The van der Waals surface area contributed by atoms with Gasteiger partial charge in [0.1, 0.15) is 35.8 Å². The molecule has 0 aliphatic rings. The minimum atomic E-state index is -4.71. The Morgan fingerprint density at radius 3 is 2.59 bits per heavy atom. The number of nitrogens with one attached hydrogen (secondary N) is 1. The fourth-order valence-corrected chi connectivity index (χ4v) is 2.63. The number of amidine groups is 1. The van der Waals surface area contributed by atoms with Crippen LogP contribution in [0.4, 0.5) is 18.9 Å². The lowest BCUT2D eigenvalue weighted by Gasteiger charge is -2.19. The van der Waals surface area contributed by atoms with Crippen molar-refractivity contribution in [3.05, 3.63) is 35.2 Å². The number of nitriles is 1. The molecule has 0 aliphatic carbocycles. The van der Waals surface area contributed by atoms with Crippen molar-refractivity contribution < 1.29 is 22.6 Å². The molecule has 0 spiro atoms. The third kappa shape index (κ3) is 8.67. The normalized spacial score (nSPS) is 14.1. The highest BCUT2D eigenvalue weighted by Crippen LogP contribution is 2.29. The second-order valence-corrected chi connectivity index (χ2v) is 6.77. The average molecular weight is 480 g/mol. The number of hydrogen-bond acceptors (Lipinski definition) is 8. The Morgan fingerprint density at radius 1 is 1.35 bits per heavy atom. The maximum absolute atomic E-state index is 13.2. The first-order valence-electron chi connectivity index (χ1n) is 10.1. The zero-order valence-corrected chi connectivity index (χ0v) is 19.5. The highest BCUT2D eigenvalue weighted by Gasteiger charge is 2.34. The summed E-state index contributed by atoms with van der Waals surface area (Å²) in [5, 5.41) is 12.5. The van der Waals surface area contributed by atoms with Gasteiger partial charge < -0.3 is 20.5 Å². The van der Waals surface area contributed by atoms with Crippen LogP contribution in [0, 0.1) is 11.3 Å². The molecule has 0 heterocycles. The molecule has 1 rings (SSSR count).